The van der Waals surface area contributed by atoms with E-state index in [0.29, 0.717) is 25.5 Å². The van der Waals surface area contributed by atoms with E-state index >= 15 is 0 Å². The molecular weight excluding hydrogens is 322 g/mol. The zero-order chi connectivity index (χ0) is 18.6. The van der Waals surface area contributed by atoms with E-state index in [4.69, 9.17) is 4.74 Å². The summed E-state index contributed by atoms with van der Waals surface area (Å²) in [5, 5.41) is 11.4. The highest BCUT2D eigenvalue weighted by molar-refractivity contribution is 5.74. The molecule has 0 unspecified atom stereocenters. The van der Waals surface area contributed by atoms with E-state index in [2.05, 4.69) is 20.5 Å². The molecule has 0 aliphatic heterocycles. The average molecular weight is 349 g/mol. The molecule has 0 aliphatic rings. The third kappa shape index (κ3) is 4.36. The Hall–Kier alpha value is -2.42. The van der Waals surface area contributed by atoms with Gasteiger partial charge in [0.25, 0.3) is 0 Å². The first kappa shape index (κ1) is 18.9. The molecule has 25 heavy (non-hydrogen) atoms. The Morgan fingerprint density at radius 2 is 2.08 bits per heavy atom. The van der Waals surface area contributed by atoms with Crippen LogP contribution in [-0.2, 0) is 25.4 Å². The lowest BCUT2D eigenvalue weighted by molar-refractivity contribution is 0.144. The number of ether oxygens (including phenoxy) is 1. The number of hydrogen-bond acceptors (Lipinski definition) is 5. The van der Waals surface area contributed by atoms with Crippen LogP contribution in [0.1, 0.15) is 35.7 Å². The first-order valence-corrected chi connectivity index (χ1v) is 8.22. The van der Waals surface area contributed by atoms with Gasteiger partial charge in [-0.3, -0.25) is 9.36 Å². The molecule has 1 N–H and O–H groups in total. The van der Waals surface area contributed by atoms with E-state index in [0.717, 1.165) is 17.0 Å². The summed E-state index contributed by atoms with van der Waals surface area (Å²) in [6.45, 7) is 7.27. The fourth-order valence-electron chi connectivity index (χ4n) is 2.73. The molecule has 2 aromatic heterocycles. The van der Waals surface area contributed by atoms with Crippen molar-refractivity contribution in [2.24, 2.45) is 14.1 Å². The Balaban J connectivity index is 2.13. The number of aryl methyl sites for hydroxylation is 3. The number of hydrogen-bond donors (Lipinski definition) is 1. The zero-order valence-corrected chi connectivity index (χ0v) is 15.8. The fourth-order valence-corrected chi connectivity index (χ4v) is 2.73. The van der Waals surface area contributed by atoms with Crippen LogP contribution in [0.25, 0.3) is 0 Å². The largest absolute Gasteiger partial charge is 0.383 e. The van der Waals surface area contributed by atoms with Crippen LogP contribution in [0.4, 0.5) is 4.79 Å². The van der Waals surface area contributed by atoms with Crippen LogP contribution in [0.2, 0.25) is 0 Å². The monoisotopic (exact) mass is 349 g/mol. The van der Waals surface area contributed by atoms with Crippen LogP contribution < -0.4 is 5.32 Å². The molecular formula is C16H27N7O2. The zero-order valence-electron chi connectivity index (χ0n) is 15.8. The molecule has 2 amide bonds. The SMILES string of the molecule is COCCN(Cc1c(C)nn(C)c1C)C(=O)N[C@H](C)c1ncnn1C. The minimum absolute atomic E-state index is 0.171. The minimum Gasteiger partial charge on any atom is -0.383 e. The van der Waals surface area contributed by atoms with Crippen molar-refractivity contribution >= 4 is 6.03 Å². The molecule has 0 bridgehead atoms. The standard InChI is InChI=1S/C16H27N7O2/c1-11-14(13(3)21(4)20-11)9-23(7-8-25-6)16(24)19-12(2)15-17-10-18-22(15)5/h10,12H,7-9H2,1-6H3,(H,19,24)/t12-/m1/s1. The highest BCUT2D eigenvalue weighted by Crippen LogP contribution is 2.16. The van der Waals surface area contributed by atoms with E-state index < -0.39 is 0 Å². The summed E-state index contributed by atoms with van der Waals surface area (Å²) in [7, 11) is 5.33. The van der Waals surface area contributed by atoms with Crippen molar-refractivity contribution in [3.63, 3.8) is 0 Å². The Labute approximate surface area is 148 Å². The van der Waals surface area contributed by atoms with Crippen molar-refractivity contribution in [3.8, 4) is 0 Å². The van der Waals surface area contributed by atoms with Gasteiger partial charge < -0.3 is 15.0 Å². The number of urea groups is 1. The molecule has 0 fully saturated rings. The Morgan fingerprint density at radius 1 is 1.36 bits per heavy atom. The normalized spacial score (nSPS) is 12.2. The van der Waals surface area contributed by atoms with Gasteiger partial charge in [-0.05, 0) is 20.8 Å². The summed E-state index contributed by atoms with van der Waals surface area (Å²) in [5.41, 5.74) is 3.03. The number of amides is 2. The summed E-state index contributed by atoms with van der Waals surface area (Å²) in [4.78, 5) is 18.7. The Bertz CT molecular complexity index is 722. The number of nitrogens with one attached hydrogen (secondary N) is 1. The number of nitrogens with zero attached hydrogens (tertiary/aromatic N) is 6. The van der Waals surface area contributed by atoms with Gasteiger partial charge in [0.2, 0.25) is 0 Å². The molecule has 138 valence electrons. The minimum atomic E-state index is -0.249. The van der Waals surface area contributed by atoms with Gasteiger partial charge in [-0.25, -0.2) is 9.78 Å². The van der Waals surface area contributed by atoms with Gasteiger partial charge in [-0.15, -0.1) is 0 Å². The van der Waals surface area contributed by atoms with Crippen LogP contribution >= 0.6 is 0 Å². The molecule has 0 saturated carbocycles. The highest BCUT2D eigenvalue weighted by Gasteiger charge is 2.21. The first-order valence-electron chi connectivity index (χ1n) is 8.22. The highest BCUT2D eigenvalue weighted by atomic mass is 16.5. The van der Waals surface area contributed by atoms with Gasteiger partial charge in [0.15, 0.2) is 0 Å². The maximum Gasteiger partial charge on any atom is 0.318 e. The van der Waals surface area contributed by atoms with Gasteiger partial charge in [-0.2, -0.15) is 10.2 Å². The molecule has 0 aromatic carbocycles. The summed E-state index contributed by atoms with van der Waals surface area (Å²) in [5.74, 6) is 0.703. The smallest absolute Gasteiger partial charge is 0.318 e. The fraction of sp³-hybridized carbons (Fsp3) is 0.625. The van der Waals surface area contributed by atoms with Crippen LogP contribution in [0.15, 0.2) is 6.33 Å². The van der Waals surface area contributed by atoms with Gasteiger partial charge in [0.1, 0.15) is 12.2 Å². The third-order valence-electron chi connectivity index (χ3n) is 4.33. The molecule has 0 saturated heterocycles. The first-order chi connectivity index (χ1) is 11.8. The van der Waals surface area contributed by atoms with Crippen molar-refractivity contribution in [1.29, 1.82) is 0 Å². The van der Waals surface area contributed by atoms with Crippen LogP contribution in [0.5, 0.6) is 0 Å². The quantitative estimate of drug-likeness (QED) is 0.808. The summed E-state index contributed by atoms with van der Waals surface area (Å²) < 4.78 is 8.64. The van der Waals surface area contributed by atoms with E-state index in [-0.39, 0.29) is 12.1 Å². The summed E-state index contributed by atoms with van der Waals surface area (Å²) in [6.07, 6.45) is 1.48. The third-order valence-corrected chi connectivity index (χ3v) is 4.33. The van der Waals surface area contributed by atoms with E-state index in [1.165, 1.54) is 6.33 Å². The molecule has 2 heterocycles. The number of aromatic nitrogens is 5. The maximum atomic E-state index is 12.8. The number of carbonyl (C=O) groups is 1. The second kappa shape index (κ2) is 8.11. The molecule has 9 nitrogen and oxygen atoms in total. The second-order valence-electron chi connectivity index (χ2n) is 6.10. The van der Waals surface area contributed by atoms with Crippen LogP contribution in [0, 0.1) is 13.8 Å². The van der Waals surface area contributed by atoms with Crippen molar-refractivity contribution < 1.29 is 9.53 Å². The van der Waals surface area contributed by atoms with Crippen molar-refractivity contribution in [2.75, 3.05) is 20.3 Å². The van der Waals surface area contributed by atoms with E-state index in [1.807, 2.05) is 32.5 Å². The molecule has 1 atom stereocenters. The predicted molar refractivity (Wildman–Crippen MR) is 92.9 cm³/mol. The molecule has 2 rings (SSSR count). The van der Waals surface area contributed by atoms with Gasteiger partial charge in [0, 0.05) is 39.0 Å². The summed E-state index contributed by atoms with van der Waals surface area (Å²) >= 11 is 0. The average Bonchev–Trinajstić information content (AvgIpc) is 3.09. The summed E-state index contributed by atoms with van der Waals surface area (Å²) in [6, 6.07) is -0.420. The van der Waals surface area contributed by atoms with Gasteiger partial charge in [0.05, 0.1) is 24.9 Å². The van der Waals surface area contributed by atoms with Gasteiger partial charge in [-0.1, -0.05) is 0 Å². The molecule has 0 aliphatic carbocycles. The van der Waals surface area contributed by atoms with E-state index in [9.17, 15) is 4.79 Å². The predicted octanol–water partition coefficient (Wildman–Crippen LogP) is 1.08. The lowest BCUT2D eigenvalue weighted by Gasteiger charge is -2.25. The molecule has 9 heteroatoms. The molecule has 0 radical (unpaired) electrons. The molecule has 2 aromatic rings. The number of rotatable bonds is 7. The van der Waals surface area contributed by atoms with Crippen LogP contribution in [-0.4, -0.2) is 55.7 Å². The Kier molecular flexibility index (Phi) is 6.13. The van der Waals surface area contributed by atoms with Crippen LogP contribution in [0.3, 0.4) is 0 Å². The van der Waals surface area contributed by atoms with Crippen molar-refractivity contribution in [1.82, 2.24) is 34.8 Å². The Morgan fingerprint density at radius 3 is 2.60 bits per heavy atom. The number of methoxy groups -OCH3 is 1. The topological polar surface area (TPSA) is 90.1 Å². The number of carbonyl (C=O) groups excluding carboxylic acids is 1. The maximum absolute atomic E-state index is 12.8. The second-order valence-corrected chi connectivity index (χ2v) is 6.10. The van der Waals surface area contributed by atoms with Gasteiger partial charge >= 0.3 is 6.03 Å². The van der Waals surface area contributed by atoms with Crippen molar-refractivity contribution in [2.45, 2.75) is 33.4 Å². The molecule has 0 spiro atoms. The lowest BCUT2D eigenvalue weighted by atomic mass is 10.2. The van der Waals surface area contributed by atoms with Crippen molar-refractivity contribution in [3.05, 3.63) is 29.1 Å². The van der Waals surface area contributed by atoms with E-state index in [1.54, 1.807) is 23.7 Å². The lowest BCUT2D eigenvalue weighted by Crippen LogP contribution is -2.42.